The Balaban J connectivity index is 2.00. The van der Waals surface area contributed by atoms with Gasteiger partial charge >= 0.3 is 0 Å². The van der Waals surface area contributed by atoms with Crippen molar-refractivity contribution in [2.45, 2.75) is 32.4 Å². The predicted octanol–water partition coefficient (Wildman–Crippen LogP) is 2.45. The molecular weight excluding hydrogens is 198 g/mol. The maximum atomic E-state index is 10.3. The van der Waals surface area contributed by atoms with E-state index in [9.17, 15) is 5.11 Å². The largest absolute Gasteiger partial charge is 0.388 e. The van der Waals surface area contributed by atoms with Crippen molar-refractivity contribution in [1.29, 1.82) is 0 Å². The van der Waals surface area contributed by atoms with Crippen LogP contribution in [0.4, 0.5) is 0 Å². The Hall–Kier alpha value is -0.860. The molecule has 0 unspecified atom stereocenters. The van der Waals surface area contributed by atoms with Crippen molar-refractivity contribution in [3.8, 4) is 0 Å². The highest BCUT2D eigenvalue weighted by Crippen LogP contribution is 2.30. The summed E-state index contributed by atoms with van der Waals surface area (Å²) in [5.74, 6) is 0.393. The van der Waals surface area contributed by atoms with E-state index in [2.05, 4.69) is 18.7 Å². The van der Waals surface area contributed by atoms with Gasteiger partial charge in [0.2, 0.25) is 0 Å². The van der Waals surface area contributed by atoms with Crippen LogP contribution in [-0.4, -0.2) is 29.1 Å². The van der Waals surface area contributed by atoms with Crippen LogP contribution in [0.2, 0.25) is 0 Å². The normalized spacial score (nSPS) is 23.9. The lowest BCUT2D eigenvalue weighted by Crippen LogP contribution is -2.29. The van der Waals surface area contributed by atoms with Crippen LogP contribution in [0.15, 0.2) is 30.3 Å². The van der Waals surface area contributed by atoms with Crippen molar-refractivity contribution in [3.63, 3.8) is 0 Å². The summed E-state index contributed by atoms with van der Waals surface area (Å²) in [7, 11) is 0. The number of likely N-dealkylation sites (tertiary alicyclic amines) is 1. The molecule has 1 N–H and O–H groups in total. The molecule has 2 rings (SSSR count). The van der Waals surface area contributed by atoms with Gasteiger partial charge in [-0.15, -0.1) is 0 Å². The molecule has 1 aromatic rings. The summed E-state index contributed by atoms with van der Waals surface area (Å²) in [5, 5.41) is 10.3. The van der Waals surface area contributed by atoms with Crippen LogP contribution < -0.4 is 0 Å². The number of hydrogen-bond acceptors (Lipinski definition) is 2. The minimum Gasteiger partial charge on any atom is -0.388 e. The number of aliphatic hydroxyl groups is 1. The summed E-state index contributed by atoms with van der Waals surface area (Å²) in [5.41, 5.74) is 1.05. The molecule has 0 radical (unpaired) electrons. The van der Waals surface area contributed by atoms with Crippen LogP contribution in [0.25, 0.3) is 0 Å². The van der Waals surface area contributed by atoms with Crippen LogP contribution in [0.3, 0.4) is 0 Å². The Bertz CT molecular complexity index is 323. The van der Waals surface area contributed by atoms with Crippen LogP contribution >= 0.6 is 0 Å². The summed E-state index contributed by atoms with van der Waals surface area (Å²) < 4.78 is 0. The first kappa shape index (κ1) is 11.6. The zero-order chi connectivity index (χ0) is 11.5. The first-order valence-electron chi connectivity index (χ1n) is 6.15. The van der Waals surface area contributed by atoms with Gasteiger partial charge in [0.25, 0.3) is 0 Å². The lowest BCUT2D eigenvalue weighted by molar-refractivity contribution is 0.108. The minimum absolute atomic E-state index is 0.301. The third-order valence-corrected chi connectivity index (χ3v) is 3.57. The Kier molecular flexibility index (Phi) is 3.62. The molecular formula is C14H21NO. The molecule has 0 spiro atoms. The van der Waals surface area contributed by atoms with E-state index >= 15 is 0 Å². The molecule has 0 aliphatic carbocycles. The van der Waals surface area contributed by atoms with Gasteiger partial charge in [0.15, 0.2) is 0 Å². The monoisotopic (exact) mass is 219 g/mol. The highest BCUT2D eigenvalue weighted by molar-refractivity contribution is 5.18. The van der Waals surface area contributed by atoms with Gasteiger partial charge in [0, 0.05) is 18.5 Å². The van der Waals surface area contributed by atoms with Crippen molar-refractivity contribution < 1.29 is 5.11 Å². The maximum absolute atomic E-state index is 10.3. The van der Waals surface area contributed by atoms with Crippen molar-refractivity contribution in [2.24, 2.45) is 5.92 Å². The van der Waals surface area contributed by atoms with Crippen LogP contribution in [0.1, 0.15) is 31.9 Å². The topological polar surface area (TPSA) is 23.5 Å². The zero-order valence-electron chi connectivity index (χ0n) is 10.1. The van der Waals surface area contributed by atoms with Gasteiger partial charge in [-0.3, -0.25) is 0 Å². The summed E-state index contributed by atoms with van der Waals surface area (Å²) in [4.78, 5) is 2.44. The Labute approximate surface area is 97.9 Å². The number of aliphatic hydroxyl groups excluding tert-OH is 1. The third kappa shape index (κ3) is 2.45. The second-order valence-electron chi connectivity index (χ2n) is 4.99. The molecule has 2 nitrogen and oxygen atoms in total. The van der Waals surface area contributed by atoms with E-state index < -0.39 is 0 Å². The van der Waals surface area contributed by atoms with Gasteiger partial charge in [-0.25, -0.2) is 0 Å². The molecule has 88 valence electrons. The second-order valence-corrected chi connectivity index (χ2v) is 4.99. The molecule has 0 amide bonds. The van der Waals surface area contributed by atoms with E-state index in [1.807, 2.05) is 30.3 Å². The van der Waals surface area contributed by atoms with Gasteiger partial charge in [0.1, 0.15) is 0 Å². The molecule has 2 atom stereocenters. The van der Waals surface area contributed by atoms with Crippen molar-refractivity contribution in [3.05, 3.63) is 35.9 Å². The van der Waals surface area contributed by atoms with Crippen LogP contribution in [0.5, 0.6) is 0 Å². The molecule has 1 heterocycles. The van der Waals surface area contributed by atoms with Gasteiger partial charge < -0.3 is 10.0 Å². The molecule has 16 heavy (non-hydrogen) atoms. The molecule has 2 heteroatoms. The quantitative estimate of drug-likeness (QED) is 0.844. The molecule has 0 saturated carbocycles. The van der Waals surface area contributed by atoms with E-state index in [0.29, 0.717) is 12.0 Å². The average Bonchev–Trinajstić information content (AvgIpc) is 2.78. The number of rotatable bonds is 3. The van der Waals surface area contributed by atoms with E-state index in [1.165, 1.54) is 0 Å². The van der Waals surface area contributed by atoms with Crippen molar-refractivity contribution in [2.75, 3.05) is 13.1 Å². The smallest absolute Gasteiger partial charge is 0.0830 e. The van der Waals surface area contributed by atoms with Crippen LogP contribution in [0, 0.1) is 5.92 Å². The zero-order valence-corrected chi connectivity index (χ0v) is 10.1. The van der Waals surface area contributed by atoms with E-state index in [4.69, 9.17) is 0 Å². The molecule has 0 bridgehead atoms. The first-order chi connectivity index (χ1) is 7.68. The summed E-state index contributed by atoms with van der Waals surface area (Å²) >= 11 is 0. The second kappa shape index (κ2) is 4.98. The SMILES string of the molecule is CC(C)N1CC[C@H]([C@H](O)c2ccccc2)C1. The van der Waals surface area contributed by atoms with E-state index in [1.54, 1.807) is 0 Å². The van der Waals surface area contributed by atoms with Gasteiger partial charge in [-0.1, -0.05) is 30.3 Å². The molecule has 1 aliphatic rings. The van der Waals surface area contributed by atoms with Crippen molar-refractivity contribution in [1.82, 2.24) is 4.90 Å². The van der Waals surface area contributed by atoms with E-state index in [0.717, 1.165) is 25.1 Å². The Morgan fingerprint density at radius 1 is 1.25 bits per heavy atom. The number of nitrogens with zero attached hydrogens (tertiary/aromatic N) is 1. The van der Waals surface area contributed by atoms with Crippen LogP contribution in [-0.2, 0) is 0 Å². The summed E-state index contributed by atoms with van der Waals surface area (Å²) in [6.45, 7) is 6.58. The number of benzene rings is 1. The van der Waals surface area contributed by atoms with Gasteiger partial charge in [-0.05, 0) is 32.4 Å². The fourth-order valence-electron chi connectivity index (χ4n) is 2.46. The summed E-state index contributed by atoms with van der Waals surface area (Å²) in [6.07, 6.45) is 0.804. The fourth-order valence-corrected chi connectivity index (χ4v) is 2.46. The Morgan fingerprint density at radius 2 is 1.94 bits per heavy atom. The molecule has 1 fully saturated rings. The third-order valence-electron chi connectivity index (χ3n) is 3.57. The van der Waals surface area contributed by atoms with Gasteiger partial charge in [-0.2, -0.15) is 0 Å². The minimum atomic E-state index is -0.301. The fraction of sp³-hybridized carbons (Fsp3) is 0.571. The van der Waals surface area contributed by atoms with Gasteiger partial charge in [0.05, 0.1) is 6.10 Å². The highest BCUT2D eigenvalue weighted by atomic mass is 16.3. The Morgan fingerprint density at radius 3 is 2.50 bits per heavy atom. The first-order valence-corrected chi connectivity index (χ1v) is 6.15. The van der Waals surface area contributed by atoms with Crippen molar-refractivity contribution >= 4 is 0 Å². The number of hydrogen-bond donors (Lipinski definition) is 1. The molecule has 0 aromatic heterocycles. The highest BCUT2D eigenvalue weighted by Gasteiger charge is 2.29. The standard InChI is InChI=1S/C14H21NO/c1-11(2)15-9-8-13(10-15)14(16)12-6-4-3-5-7-12/h3-7,11,13-14,16H,8-10H2,1-2H3/t13-,14+/m0/s1. The lowest BCUT2D eigenvalue weighted by atomic mass is 9.95. The predicted molar refractivity (Wildman–Crippen MR) is 66.2 cm³/mol. The molecule has 1 saturated heterocycles. The maximum Gasteiger partial charge on any atom is 0.0830 e. The van der Waals surface area contributed by atoms with E-state index in [-0.39, 0.29) is 6.10 Å². The molecule has 1 aliphatic heterocycles. The average molecular weight is 219 g/mol. The molecule has 1 aromatic carbocycles. The lowest BCUT2D eigenvalue weighted by Gasteiger charge is -2.22. The summed E-state index contributed by atoms with van der Waals surface area (Å²) in [6, 6.07) is 10.6.